The van der Waals surface area contributed by atoms with E-state index in [0.29, 0.717) is 16.1 Å². The maximum absolute atomic E-state index is 13.0. The predicted octanol–water partition coefficient (Wildman–Crippen LogP) is 4.05. The van der Waals surface area contributed by atoms with E-state index in [9.17, 15) is 13.2 Å². The Kier molecular flexibility index (Phi) is 3.72. The molecule has 2 nitrogen and oxygen atoms in total. The van der Waals surface area contributed by atoms with E-state index in [1.54, 1.807) is 6.07 Å². The van der Waals surface area contributed by atoms with Crippen LogP contribution in [0.3, 0.4) is 0 Å². The number of hydrogen-bond acceptors (Lipinski definition) is 2. The van der Waals surface area contributed by atoms with E-state index < -0.39 is 11.7 Å². The van der Waals surface area contributed by atoms with E-state index in [4.69, 9.17) is 0 Å². The van der Waals surface area contributed by atoms with Crippen molar-refractivity contribution in [2.45, 2.75) is 31.5 Å². The summed E-state index contributed by atoms with van der Waals surface area (Å²) in [6, 6.07) is 4.16. The highest BCUT2D eigenvalue weighted by molar-refractivity contribution is 9.10. The second kappa shape index (κ2) is 5.16. The first-order valence-corrected chi connectivity index (χ1v) is 7.95. The standard InChI is InChI=1S/C15H18BrF3N2/c1-14(10-2-3-10)9-21(5-4-20-14)13-7-11(15(17,18)19)6-12(16)8-13/h6-8,10,20H,2-5,9H2,1H3. The topological polar surface area (TPSA) is 15.3 Å². The van der Waals surface area contributed by atoms with Gasteiger partial charge in [-0.3, -0.25) is 0 Å². The molecule has 1 unspecified atom stereocenters. The molecule has 1 aliphatic heterocycles. The maximum atomic E-state index is 13.0. The SMILES string of the molecule is CC1(C2CC2)CN(c2cc(Br)cc(C(F)(F)F)c2)CCN1. The van der Waals surface area contributed by atoms with Crippen molar-refractivity contribution in [1.29, 1.82) is 0 Å². The van der Waals surface area contributed by atoms with Crippen molar-refractivity contribution in [2.75, 3.05) is 24.5 Å². The monoisotopic (exact) mass is 362 g/mol. The fraction of sp³-hybridized carbons (Fsp3) is 0.600. The zero-order valence-corrected chi connectivity index (χ0v) is 13.4. The Labute approximate surface area is 130 Å². The quantitative estimate of drug-likeness (QED) is 0.853. The minimum absolute atomic E-state index is 0.0129. The molecule has 1 aliphatic carbocycles. The van der Waals surface area contributed by atoms with Crippen LogP contribution in [0.15, 0.2) is 22.7 Å². The Balaban J connectivity index is 1.87. The van der Waals surface area contributed by atoms with Gasteiger partial charge in [0.05, 0.1) is 5.56 Å². The summed E-state index contributed by atoms with van der Waals surface area (Å²) in [5, 5.41) is 3.54. The smallest absolute Gasteiger partial charge is 0.368 e. The molecule has 0 bridgehead atoms. The summed E-state index contributed by atoms with van der Waals surface area (Å²) in [6.07, 6.45) is -1.89. The van der Waals surface area contributed by atoms with Gasteiger partial charge in [0.15, 0.2) is 0 Å². The van der Waals surface area contributed by atoms with Gasteiger partial charge in [0, 0.05) is 35.3 Å². The van der Waals surface area contributed by atoms with Crippen molar-refractivity contribution < 1.29 is 13.2 Å². The summed E-state index contributed by atoms with van der Waals surface area (Å²) in [5.74, 6) is 0.648. The fourth-order valence-corrected chi connectivity index (χ4v) is 3.62. The number of anilines is 1. The van der Waals surface area contributed by atoms with Gasteiger partial charge in [-0.15, -0.1) is 0 Å². The lowest BCUT2D eigenvalue weighted by molar-refractivity contribution is -0.137. The molecule has 2 aliphatic rings. The van der Waals surface area contributed by atoms with Gasteiger partial charge in [-0.25, -0.2) is 0 Å². The van der Waals surface area contributed by atoms with Crippen LogP contribution in [-0.4, -0.2) is 25.2 Å². The molecule has 1 aromatic rings. The number of alkyl halides is 3. The fourth-order valence-electron chi connectivity index (χ4n) is 3.14. The lowest BCUT2D eigenvalue weighted by Gasteiger charge is -2.43. The summed E-state index contributed by atoms with van der Waals surface area (Å²) in [7, 11) is 0. The molecule has 0 amide bonds. The first kappa shape index (κ1) is 15.2. The molecule has 3 rings (SSSR count). The van der Waals surface area contributed by atoms with Crippen LogP contribution in [0.2, 0.25) is 0 Å². The molecule has 1 saturated heterocycles. The van der Waals surface area contributed by atoms with Crippen molar-refractivity contribution in [2.24, 2.45) is 5.92 Å². The second-order valence-electron chi connectivity index (χ2n) is 6.24. The molecule has 0 radical (unpaired) electrons. The third-order valence-electron chi connectivity index (χ3n) is 4.48. The molecule has 2 fully saturated rings. The Morgan fingerprint density at radius 3 is 2.62 bits per heavy atom. The van der Waals surface area contributed by atoms with E-state index in [2.05, 4.69) is 33.1 Å². The molecule has 1 N–H and O–H groups in total. The summed E-state index contributed by atoms with van der Waals surface area (Å²) in [6.45, 7) is 4.47. The molecule has 1 heterocycles. The van der Waals surface area contributed by atoms with Crippen molar-refractivity contribution in [3.63, 3.8) is 0 Å². The van der Waals surface area contributed by atoms with Crippen molar-refractivity contribution in [3.05, 3.63) is 28.2 Å². The zero-order valence-electron chi connectivity index (χ0n) is 11.8. The largest absolute Gasteiger partial charge is 0.416 e. The van der Waals surface area contributed by atoms with Crippen LogP contribution >= 0.6 is 15.9 Å². The lowest BCUT2D eigenvalue weighted by Crippen LogP contribution is -2.60. The van der Waals surface area contributed by atoms with Gasteiger partial charge in [-0.1, -0.05) is 15.9 Å². The van der Waals surface area contributed by atoms with E-state index >= 15 is 0 Å². The molecular weight excluding hydrogens is 345 g/mol. The highest BCUT2D eigenvalue weighted by atomic mass is 79.9. The zero-order chi connectivity index (χ0) is 15.3. The minimum atomic E-state index is -4.31. The number of halogens is 4. The number of rotatable bonds is 2. The summed E-state index contributed by atoms with van der Waals surface area (Å²) in [4.78, 5) is 2.06. The summed E-state index contributed by atoms with van der Waals surface area (Å²) < 4.78 is 39.3. The van der Waals surface area contributed by atoms with E-state index in [-0.39, 0.29) is 5.54 Å². The Bertz CT molecular complexity index is 542. The molecule has 116 valence electrons. The average molecular weight is 363 g/mol. The highest BCUT2D eigenvalue weighted by Gasteiger charge is 2.44. The van der Waals surface area contributed by atoms with Crippen molar-refractivity contribution in [3.8, 4) is 0 Å². The average Bonchev–Trinajstić information content (AvgIpc) is 3.21. The summed E-state index contributed by atoms with van der Waals surface area (Å²) >= 11 is 3.20. The van der Waals surface area contributed by atoms with Gasteiger partial charge >= 0.3 is 6.18 Å². The number of hydrogen-bond donors (Lipinski definition) is 1. The van der Waals surface area contributed by atoms with Crippen molar-refractivity contribution >= 4 is 21.6 Å². The molecule has 6 heteroatoms. The first-order chi connectivity index (χ1) is 9.78. The van der Waals surface area contributed by atoms with Gasteiger partial charge in [-0.2, -0.15) is 13.2 Å². The van der Waals surface area contributed by atoms with E-state index in [1.807, 2.05) is 0 Å². The molecular formula is C15H18BrF3N2. The molecule has 21 heavy (non-hydrogen) atoms. The third-order valence-corrected chi connectivity index (χ3v) is 4.94. The van der Waals surface area contributed by atoms with Crippen molar-refractivity contribution in [1.82, 2.24) is 5.32 Å². The Morgan fingerprint density at radius 1 is 1.29 bits per heavy atom. The first-order valence-electron chi connectivity index (χ1n) is 7.16. The van der Waals surface area contributed by atoms with E-state index in [0.717, 1.165) is 25.7 Å². The third kappa shape index (κ3) is 3.21. The normalized spacial score (nSPS) is 27.0. The van der Waals surface area contributed by atoms with Crippen LogP contribution in [0.25, 0.3) is 0 Å². The molecule has 1 atom stereocenters. The molecule has 0 spiro atoms. The number of nitrogens with one attached hydrogen (secondary N) is 1. The highest BCUT2D eigenvalue weighted by Crippen LogP contribution is 2.42. The van der Waals surface area contributed by atoms with Crippen LogP contribution in [0.1, 0.15) is 25.3 Å². The van der Waals surface area contributed by atoms with Gasteiger partial charge < -0.3 is 10.2 Å². The van der Waals surface area contributed by atoms with Crippen LogP contribution in [0.4, 0.5) is 18.9 Å². The van der Waals surface area contributed by atoms with E-state index in [1.165, 1.54) is 18.9 Å². The van der Waals surface area contributed by atoms with Crippen LogP contribution in [0, 0.1) is 5.92 Å². The minimum Gasteiger partial charge on any atom is -0.368 e. The van der Waals surface area contributed by atoms with Crippen LogP contribution < -0.4 is 10.2 Å². The van der Waals surface area contributed by atoms with Gasteiger partial charge in [-0.05, 0) is 43.9 Å². The van der Waals surface area contributed by atoms with Gasteiger partial charge in [0.2, 0.25) is 0 Å². The number of benzene rings is 1. The molecule has 1 saturated carbocycles. The predicted molar refractivity (Wildman–Crippen MR) is 80.5 cm³/mol. The number of piperazine rings is 1. The van der Waals surface area contributed by atoms with Crippen LogP contribution in [-0.2, 0) is 6.18 Å². The Morgan fingerprint density at radius 2 is 2.00 bits per heavy atom. The van der Waals surface area contributed by atoms with Gasteiger partial charge in [0.1, 0.15) is 0 Å². The Hall–Kier alpha value is -0.750. The summed E-state index contributed by atoms with van der Waals surface area (Å²) in [5.41, 5.74) is 0.0579. The maximum Gasteiger partial charge on any atom is 0.416 e. The van der Waals surface area contributed by atoms with Gasteiger partial charge in [0.25, 0.3) is 0 Å². The lowest BCUT2D eigenvalue weighted by atomic mass is 9.92. The number of nitrogens with zero attached hydrogens (tertiary/aromatic N) is 1. The second-order valence-corrected chi connectivity index (χ2v) is 7.15. The van der Waals surface area contributed by atoms with Crippen LogP contribution in [0.5, 0.6) is 0 Å². The molecule has 0 aromatic heterocycles. The molecule has 1 aromatic carbocycles.